The Morgan fingerprint density at radius 3 is 2.68 bits per heavy atom. The summed E-state index contributed by atoms with van der Waals surface area (Å²) in [5.41, 5.74) is 1.51. The summed E-state index contributed by atoms with van der Waals surface area (Å²) in [6.07, 6.45) is 10.9. The van der Waals surface area contributed by atoms with Gasteiger partial charge in [-0.25, -0.2) is 4.98 Å². The van der Waals surface area contributed by atoms with Crippen LogP contribution in [0.2, 0.25) is 0 Å². The molecule has 2 atom stereocenters. The number of carbonyl (C=O) groups is 1. The SMILES string of the molecule is C#Cc1cnc2c(c1)C(C)(CCCCCC(=O)O)C(C)N2CCCS(=O)(=O)O. The molecule has 8 heteroatoms. The van der Waals surface area contributed by atoms with Crippen LogP contribution < -0.4 is 4.90 Å². The molecule has 154 valence electrons. The Morgan fingerprint density at radius 1 is 1.36 bits per heavy atom. The van der Waals surface area contributed by atoms with Crippen LogP contribution in [0.4, 0.5) is 5.82 Å². The van der Waals surface area contributed by atoms with Gasteiger partial charge in [-0.1, -0.05) is 25.7 Å². The first-order chi connectivity index (χ1) is 13.1. The van der Waals surface area contributed by atoms with Crippen molar-refractivity contribution in [1.82, 2.24) is 4.98 Å². The standard InChI is InChI=1S/C20H28N2O5S/c1-4-16-13-17-19(21-14-16)22(11-8-12-28(25,26)27)15(2)20(17,3)10-7-5-6-9-18(23)24/h1,13-15H,5-12H2,2-3H3,(H,23,24)(H,25,26,27). The molecule has 0 aliphatic carbocycles. The molecule has 1 aromatic rings. The number of aliphatic carboxylic acids is 1. The van der Waals surface area contributed by atoms with E-state index >= 15 is 0 Å². The number of terminal acetylenes is 1. The number of pyridine rings is 1. The lowest BCUT2D eigenvalue weighted by molar-refractivity contribution is -0.137. The monoisotopic (exact) mass is 408 g/mol. The second-order valence-electron chi connectivity index (χ2n) is 7.62. The van der Waals surface area contributed by atoms with E-state index in [0.717, 1.165) is 30.6 Å². The maximum Gasteiger partial charge on any atom is 0.303 e. The third-order valence-corrected chi connectivity index (χ3v) is 6.50. The summed E-state index contributed by atoms with van der Waals surface area (Å²) in [6, 6.07) is 2.04. The van der Waals surface area contributed by atoms with E-state index in [4.69, 9.17) is 16.1 Å². The minimum Gasteiger partial charge on any atom is -0.481 e. The Hall–Kier alpha value is -2.11. The normalized spacial score (nSPS) is 21.4. The molecule has 2 heterocycles. The summed E-state index contributed by atoms with van der Waals surface area (Å²) >= 11 is 0. The lowest BCUT2D eigenvalue weighted by atomic mass is 9.75. The molecule has 0 amide bonds. The van der Waals surface area contributed by atoms with Gasteiger partial charge in [-0.3, -0.25) is 9.35 Å². The molecule has 0 saturated carbocycles. The predicted molar refractivity (Wildman–Crippen MR) is 108 cm³/mol. The summed E-state index contributed by atoms with van der Waals surface area (Å²) in [5.74, 6) is 2.35. The fourth-order valence-electron chi connectivity index (χ4n) is 3.94. The molecule has 0 radical (unpaired) electrons. The van der Waals surface area contributed by atoms with Crippen molar-refractivity contribution in [3.63, 3.8) is 0 Å². The van der Waals surface area contributed by atoms with Gasteiger partial charge in [-0.15, -0.1) is 6.42 Å². The van der Waals surface area contributed by atoms with E-state index < -0.39 is 16.1 Å². The van der Waals surface area contributed by atoms with Gasteiger partial charge < -0.3 is 10.0 Å². The second-order valence-corrected chi connectivity index (χ2v) is 9.19. The molecule has 7 nitrogen and oxygen atoms in total. The zero-order chi connectivity index (χ0) is 20.9. The average molecular weight is 409 g/mol. The van der Waals surface area contributed by atoms with Crippen molar-refractivity contribution in [3.8, 4) is 12.3 Å². The molecule has 2 unspecified atom stereocenters. The van der Waals surface area contributed by atoms with Crippen molar-refractivity contribution in [2.24, 2.45) is 0 Å². The van der Waals surface area contributed by atoms with Crippen molar-refractivity contribution < 1.29 is 22.9 Å². The second kappa shape index (κ2) is 8.93. The molecule has 0 aromatic carbocycles. The number of hydrogen-bond acceptors (Lipinski definition) is 5. The summed E-state index contributed by atoms with van der Waals surface area (Å²) in [7, 11) is -4.00. The number of aromatic nitrogens is 1. The summed E-state index contributed by atoms with van der Waals surface area (Å²) in [6.45, 7) is 4.70. The van der Waals surface area contributed by atoms with Crippen LogP contribution in [0, 0.1) is 12.3 Å². The van der Waals surface area contributed by atoms with Gasteiger partial charge in [0, 0.05) is 41.7 Å². The summed E-state index contributed by atoms with van der Waals surface area (Å²) in [5, 5.41) is 8.78. The van der Waals surface area contributed by atoms with Gasteiger partial charge in [0.05, 0.1) is 5.75 Å². The molecule has 0 fully saturated rings. The minimum absolute atomic E-state index is 0.0731. The number of fused-ring (bicyclic) bond motifs is 1. The largest absolute Gasteiger partial charge is 0.481 e. The van der Waals surface area contributed by atoms with Gasteiger partial charge in [-0.05, 0) is 32.3 Å². The number of carboxylic acid groups (broad SMARTS) is 1. The summed E-state index contributed by atoms with van der Waals surface area (Å²) < 4.78 is 31.1. The lowest BCUT2D eigenvalue weighted by Gasteiger charge is -2.34. The highest BCUT2D eigenvalue weighted by atomic mass is 32.2. The van der Waals surface area contributed by atoms with E-state index in [2.05, 4.69) is 29.7 Å². The maximum atomic E-state index is 11.1. The number of carboxylic acids is 1. The van der Waals surface area contributed by atoms with Crippen LogP contribution in [-0.4, -0.2) is 47.4 Å². The third-order valence-electron chi connectivity index (χ3n) is 5.70. The van der Waals surface area contributed by atoms with E-state index in [0.29, 0.717) is 24.9 Å². The Morgan fingerprint density at radius 2 is 2.07 bits per heavy atom. The Balaban J connectivity index is 2.18. The molecule has 0 spiro atoms. The van der Waals surface area contributed by atoms with Crippen LogP contribution in [0.25, 0.3) is 0 Å². The van der Waals surface area contributed by atoms with Crippen LogP contribution in [0.3, 0.4) is 0 Å². The van der Waals surface area contributed by atoms with E-state index in [1.165, 1.54) is 0 Å². The number of anilines is 1. The average Bonchev–Trinajstić information content (AvgIpc) is 2.82. The molecular formula is C20H28N2O5S. The quantitative estimate of drug-likeness (QED) is 0.348. The first-order valence-electron chi connectivity index (χ1n) is 9.49. The fourth-order valence-corrected chi connectivity index (χ4v) is 4.44. The topological polar surface area (TPSA) is 108 Å². The molecule has 0 saturated heterocycles. The number of unbranched alkanes of at least 4 members (excludes halogenated alkanes) is 2. The molecule has 1 aliphatic rings. The molecule has 2 rings (SSSR count). The fraction of sp³-hybridized carbons (Fsp3) is 0.600. The molecule has 28 heavy (non-hydrogen) atoms. The number of hydrogen-bond donors (Lipinski definition) is 2. The van der Waals surface area contributed by atoms with Gasteiger partial charge in [0.1, 0.15) is 5.82 Å². The van der Waals surface area contributed by atoms with E-state index in [-0.39, 0.29) is 23.6 Å². The zero-order valence-electron chi connectivity index (χ0n) is 16.4. The number of nitrogens with zero attached hydrogens (tertiary/aromatic N) is 2. The van der Waals surface area contributed by atoms with E-state index in [1.54, 1.807) is 6.20 Å². The maximum absolute atomic E-state index is 11.1. The molecule has 0 bridgehead atoms. The van der Waals surface area contributed by atoms with Crippen molar-refractivity contribution in [2.75, 3.05) is 17.2 Å². The van der Waals surface area contributed by atoms with Crippen LogP contribution in [-0.2, 0) is 20.3 Å². The van der Waals surface area contributed by atoms with E-state index in [1.807, 2.05) is 6.07 Å². The van der Waals surface area contributed by atoms with Crippen LogP contribution in [0.5, 0.6) is 0 Å². The van der Waals surface area contributed by atoms with Crippen molar-refractivity contribution in [2.45, 2.75) is 63.8 Å². The van der Waals surface area contributed by atoms with Crippen LogP contribution >= 0.6 is 0 Å². The minimum atomic E-state index is -4.00. The molecular weight excluding hydrogens is 380 g/mol. The smallest absolute Gasteiger partial charge is 0.303 e. The molecule has 1 aromatic heterocycles. The number of rotatable bonds is 10. The van der Waals surface area contributed by atoms with Gasteiger partial charge in [0.15, 0.2) is 0 Å². The highest BCUT2D eigenvalue weighted by Gasteiger charge is 2.45. The first kappa shape index (κ1) is 22.2. The zero-order valence-corrected chi connectivity index (χ0v) is 17.2. The van der Waals surface area contributed by atoms with Crippen molar-refractivity contribution in [1.29, 1.82) is 0 Å². The predicted octanol–water partition coefficient (Wildman–Crippen LogP) is 2.84. The Labute approximate surface area is 166 Å². The van der Waals surface area contributed by atoms with Crippen LogP contribution in [0.15, 0.2) is 12.3 Å². The van der Waals surface area contributed by atoms with Gasteiger partial charge >= 0.3 is 5.97 Å². The van der Waals surface area contributed by atoms with Crippen molar-refractivity contribution >= 4 is 21.9 Å². The third kappa shape index (κ3) is 5.24. The summed E-state index contributed by atoms with van der Waals surface area (Å²) in [4.78, 5) is 17.3. The van der Waals surface area contributed by atoms with Gasteiger partial charge in [-0.2, -0.15) is 8.42 Å². The lowest BCUT2D eigenvalue weighted by Crippen LogP contribution is -2.41. The van der Waals surface area contributed by atoms with Crippen LogP contribution in [0.1, 0.15) is 63.5 Å². The van der Waals surface area contributed by atoms with E-state index in [9.17, 15) is 13.2 Å². The van der Waals surface area contributed by atoms with Gasteiger partial charge in [0.2, 0.25) is 0 Å². The Bertz CT molecular complexity index is 862. The Kier molecular flexibility index (Phi) is 7.07. The molecule has 1 aliphatic heterocycles. The van der Waals surface area contributed by atoms with Crippen molar-refractivity contribution in [3.05, 3.63) is 23.4 Å². The first-order valence-corrected chi connectivity index (χ1v) is 11.1. The highest BCUT2D eigenvalue weighted by molar-refractivity contribution is 7.85. The molecule has 2 N–H and O–H groups in total. The van der Waals surface area contributed by atoms with Gasteiger partial charge in [0.25, 0.3) is 10.1 Å². The highest BCUT2D eigenvalue weighted by Crippen LogP contribution is 2.47.